The van der Waals surface area contributed by atoms with Crippen LogP contribution in [-0.4, -0.2) is 42.4 Å². The van der Waals surface area contributed by atoms with E-state index in [0.717, 1.165) is 30.5 Å². The molecule has 1 saturated heterocycles. The Labute approximate surface area is 105 Å². The fourth-order valence-corrected chi connectivity index (χ4v) is 2.42. The number of rotatable bonds is 3. The van der Waals surface area contributed by atoms with Gasteiger partial charge in [0.15, 0.2) is 5.16 Å². The highest BCUT2D eigenvalue weighted by molar-refractivity contribution is 7.98. The minimum Gasteiger partial charge on any atom is -0.355 e. The van der Waals surface area contributed by atoms with Crippen LogP contribution in [0.15, 0.2) is 11.2 Å². The molecule has 4 nitrogen and oxygen atoms in total. The van der Waals surface area contributed by atoms with E-state index >= 15 is 0 Å². The zero-order valence-corrected chi connectivity index (χ0v) is 11.0. The van der Waals surface area contributed by atoms with Crippen molar-refractivity contribution in [3.8, 4) is 0 Å². The van der Waals surface area contributed by atoms with Gasteiger partial charge in [0.1, 0.15) is 11.0 Å². The largest absolute Gasteiger partial charge is 0.355 e. The van der Waals surface area contributed by atoms with Gasteiger partial charge in [-0.25, -0.2) is 9.97 Å². The molecule has 0 bridgehead atoms. The average Bonchev–Trinajstić information content (AvgIpc) is 2.80. The van der Waals surface area contributed by atoms with E-state index in [1.165, 1.54) is 11.8 Å². The Morgan fingerprint density at radius 2 is 2.38 bits per heavy atom. The number of hydrogen-bond acceptors (Lipinski definition) is 5. The molecule has 1 aromatic rings. The predicted molar refractivity (Wildman–Crippen MR) is 68.5 cm³/mol. The van der Waals surface area contributed by atoms with Crippen LogP contribution in [0.4, 0.5) is 5.82 Å². The van der Waals surface area contributed by atoms with Gasteiger partial charge in [-0.1, -0.05) is 23.4 Å². The first-order valence-corrected chi connectivity index (χ1v) is 6.83. The van der Waals surface area contributed by atoms with Gasteiger partial charge in [0, 0.05) is 25.7 Å². The monoisotopic (exact) mass is 258 g/mol. The van der Waals surface area contributed by atoms with Crippen LogP contribution in [0, 0.1) is 0 Å². The molecular formula is C10H15ClN4S. The maximum atomic E-state index is 5.97. The smallest absolute Gasteiger partial charge is 0.190 e. The first-order valence-electron chi connectivity index (χ1n) is 5.23. The summed E-state index contributed by atoms with van der Waals surface area (Å²) in [5.41, 5.74) is 0. The summed E-state index contributed by atoms with van der Waals surface area (Å²) in [7, 11) is 2.06. The number of nitrogens with zero attached hydrogens (tertiary/aromatic N) is 3. The molecule has 6 heteroatoms. The molecule has 2 rings (SSSR count). The van der Waals surface area contributed by atoms with Crippen molar-refractivity contribution in [3.05, 3.63) is 11.2 Å². The van der Waals surface area contributed by atoms with Crippen LogP contribution in [0.5, 0.6) is 0 Å². The van der Waals surface area contributed by atoms with E-state index < -0.39 is 0 Å². The summed E-state index contributed by atoms with van der Waals surface area (Å²) in [6, 6.07) is 2.32. The van der Waals surface area contributed by atoms with Crippen molar-refractivity contribution >= 4 is 29.2 Å². The van der Waals surface area contributed by atoms with Crippen LogP contribution in [-0.2, 0) is 0 Å². The number of halogens is 1. The van der Waals surface area contributed by atoms with Crippen molar-refractivity contribution in [1.82, 2.24) is 15.3 Å². The average molecular weight is 259 g/mol. The maximum absolute atomic E-state index is 5.97. The second-order valence-corrected chi connectivity index (χ2v) is 4.95. The van der Waals surface area contributed by atoms with Gasteiger partial charge in [-0.05, 0) is 19.2 Å². The molecule has 0 saturated carbocycles. The molecule has 0 amide bonds. The Morgan fingerprint density at radius 3 is 3.00 bits per heavy atom. The van der Waals surface area contributed by atoms with Crippen LogP contribution in [0.3, 0.4) is 0 Å². The molecule has 0 radical (unpaired) electrons. The number of likely N-dealkylation sites (N-methyl/N-ethyl adjacent to an activating group) is 1. The summed E-state index contributed by atoms with van der Waals surface area (Å²) in [6.07, 6.45) is 3.10. The standard InChI is InChI=1S/C10H15ClN4S/c1-15(7-3-4-12-6-7)9-5-8(11)13-10(14-9)16-2/h5,7,12H,3-4,6H2,1-2H3/t7-/m0/s1. The summed E-state index contributed by atoms with van der Waals surface area (Å²) in [6.45, 7) is 2.08. The molecular weight excluding hydrogens is 244 g/mol. The molecule has 1 aromatic heterocycles. The van der Waals surface area contributed by atoms with E-state index in [1.807, 2.05) is 12.3 Å². The molecule has 0 aromatic carbocycles. The lowest BCUT2D eigenvalue weighted by Crippen LogP contribution is -2.34. The zero-order valence-electron chi connectivity index (χ0n) is 9.40. The lowest BCUT2D eigenvalue weighted by atomic mass is 10.2. The van der Waals surface area contributed by atoms with Crippen molar-refractivity contribution in [2.75, 3.05) is 31.3 Å². The normalized spacial score (nSPS) is 20.1. The van der Waals surface area contributed by atoms with Crippen molar-refractivity contribution in [2.45, 2.75) is 17.6 Å². The van der Waals surface area contributed by atoms with Crippen molar-refractivity contribution in [3.63, 3.8) is 0 Å². The fourth-order valence-electron chi connectivity index (χ4n) is 1.81. The summed E-state index contributed by atoms with van der Waals surface area (Å²) < 4.78 is 0. The lowest BCUT2D eigenvalue weighted by molar-refractivity contribution is 0.672. The highest BCUT2D eigenvalue weighted by Gasteiger charge is 2.20. The van der Waals surface area contributed by atoms with E-state index in [1.54, 1.807) is 0 Å². The van der Waals surface area contributed by atoms with E-state index in [0.29, 0.717) is 11.2 Å². The molecule has 1 aliphatic rings. The van der Waals surface area contributed by atoms with Gasteiger partial charge >= 0.3 is 0 Å². The van der Waals surface area contributed by atoms with Gasteiger partial charge in [-0.2, -0.15) is 0 Å². The molecule has 0 unspecified atom stereocenters. The van der Waals surface area contributed by atoms with Crippen LogP contribution in [0.1, 0.15) is 6.42 Å². The molecule has 88 valence electrons. The van der Waals surface area contributed by atoms with Crippen LogP contribution in [0.2, 0.25) is 5.15 Å². The molecule has 1 aliphatic heterocycles. The molecule has 0 aliphatic carbocycles. The highest BCUT2D eigenvalue weighted by atomic mass is 35.5. The number of thioether (sulfide) groups is 1. The summed E-state index contributed by atoms with van der Waals surface area (Å²) >= 11 is 7.48. The van der Waals surface area contributed by atoms with E-state index in [2.05, 4.69) is 27.2 Å². The minimum atomic E-state index is 0.501. The Balaban J connectivity index is 2.21. The Hall–Kier alpha value is -0.520. The molecule has 0 spiro atoms. The second-order valence-electron chi connectivity index (χ2n) is 3.79. The third-order valence-electron chi connectivity index (χ3n) is 2.79. The van der Waals surface area contributed by atoms with Crippen LogP contribution in [0.25, 0.3) is 0 Å². The quantitative estimate of drug-likeness (QED) is 0.507. The summed E-state index contributed by atoms with van der Waals surface area (Å²) in [4.78, 5) is 10.8. The maximum Gasteiger partial charge on any atom is 0.190 e. The molecule has 16 heavy (non-hydrogen) atoms. The highest BCUT2D eigenvalue weighted by Crippen LogP contribution is 2.22. The van der Waals surface area contributed by atoms with E-state index in [4.69, 9.17) is 11.6 Å². The molecule has 1 atom stereocenters. The van der Waals surface area contributed by atoms with Crippen molar-refractivity contribution in [2.24, 2.45) is 0 Å². The van der Waals surface area contributed by atoms with Crippen LogP contribution < -0.4 is 10.2 Å². The first-order chi connectivity index (χ1) is 7.70. The van der Waals surface area contributed by atoms with Gasteiger partial charge in [-0.15, -0.1) is 0 Å². The second kappa shape index (κ2) is 5.21. The fraction of sp³-hybridized carbons (Fsp3) is 0.600. The SMILES string of the molecule is CSc1nc(Cl)cc(N(C)[C@H]2CCNC2)n1. The molecule has 2 heterocycles. The topological polar surface area (TPSA) is 41.1 Å². The van der Waals surface area contributed by atoms with Gasteiger partial charge in [-0.3, -0.25) is 0 Å². The Kier molecular flexibility index (Phi) is 3.89. The zero-order chi connectivity index (χ0) is 11.5. The number of anilines is 1. The summed E-state index contributed by atoms with van der Waals surface area (Å²) in [5, 5.41) is 4.57. The van der Waals surface area contributed by atoms with Gasteiger partial charge in [0.25, 0.3) is 0 Å². The number of aromatic nitrogens is 2. The first kappa shape index (κ1) is 12.0. The summed E-state index contributed by atoms with van der Waals surface area (Å²) in [5.74, 6) is 0.901. The number of nitrogens with one attached hydrogen (secondary N) is 1. The minimum absolute atomic E-state index is 0.501. The van der Waals surface area contributed by atoms with Crippen LogP contribution >= 0.6 is 23.4 Å². The van der Waals surface area contributed by atoms with Gasteiger partial charge < -0.3 is 10.2 Å². The number of hydrogen-bond donors (Lipinski definition) is 1. The molecule has 1 N–H and O–H groups in total. The Bertz CT molecular complexity index is 368. The van der Waals surface area contributed by atoms with E-state index in [-0.39, 0.29) is 0 Å². The molecule has 1 fully saturated rings. The Morgan fingerprint density at radius 1 is 1.56 bits per heavy atom. The predicted octanol–water partition coefficient (Wildman–Crippen LogP) is 1.65. The third-order valence-corrected chi connectivity index (χ3v) is 3.53. The van der Waals surface area contributed by atoms with Crippen molar-refractivity contribution in [1.29, 1.82) is 0 Å². The third kappa shape index (κ3) is 2.59. The van der Waals surface area contributed by atoms with E-state index in [9.17, 15) is 0 Å². The van der Waals surface area contributed by atoms with Gasteiger partial charge in [0.05, 0.1) is 0 Å². The van der Waals surface area contributed by atoms with Gasteiger partial charge in [0.2, 0.25) is 0 Å². The lowest BCUT2D eigenvalue weighted by Gasteiger charge is -2.24. The van der Waals surface area contributed by atoms with Crippen molar-refractivity contribution < 1.29 is 0 Å².